The van der Waals surface area contributed by atoms with Gasteiger partial charge in [0.1, 0.15) is 6.04 Å². The Morgan fingerprint density at radius 3 is 2.67 bits per heavy atom. The van der Waals surface area contributed by atoms with Gasteiger partial charge in [-0.3, -0.25) is 9.69 Å². The van der Waals surface area contributed by atoms with Gasteiger partial charge >= 0.3 is 5.97 Å². The van der Waals surface area contributed by atoms with Gasteiger partial charge in [0.15, 0.2) is 0 Å². The van der Waals surface area contributed by atoms with E-state index in [2.05, 4.69) is 18.7 Å². The molecule has 1 heterocycles. The molecule has 0 radical (unpaired) electrons. The maximum Gasteiger partial charge on any atom is 0.320 e. The lowest BCUT2D eigenvalue weighted by atomic mass is 9.95. The van der Waals surface area contributed by atoms with Crippen molar-refractivity contribution in [1.82, 2.24) is 4.90 Å². The SMILES string of the molecule is CC(C)C1CCN(C(CCN)C(=O)O)C1. The van der Waals surface area contributed by atoms with Crippen molar-refractivity contribution in [2.24, 2.45) is 17.6 Å². The average Bonchev–Trinajstić information content (AvgIpc) is 2.62. The van der Waals surface area contributed by atoms with Crippen molar-refractivity contribution >= 4 is 5.97 Å². The fraction of sp³-hybridized carbons (Fsp3) is 0.909. The van der Waals surface area contributed by atoms with Gasteiger partial charge < -0.3 is 10.8 Å². The van der Waals surface area contributed by atoms with Crippen molar-refractivity contribution in [3.8, 4) is 0 Å². The van der Waals surface area contributed by atoms with Crippen LogP contribution >= 0.6 is 0 Å². The summed E-state index contributed by atoms with van der Waals surface area (Å²) < 4.78 is 0. The number of nitrogens with two attached hydrogens (primary N) is 1. The van der Waals surface area contributed by atoms with Crippen molar-refractivity contribution in [3.63, 3.8) is 0 Å². The summed E-state index contributed by atoms with van der Waals surface area (Å²) in [5.41, 5.74) is 5.44. The normalized spacial score (nSPS) is 24.7. The molecule has 2 unspecified atom stereocenters. The number of carbonyl (C=O) groups is 1. The summed E-state index contributed by atoms with van der Waals surface area (Å²) in [5, 5.41) is 9.09. The molecule has 1 saturated heterocycles. The summed E-state index contributed by atoms with van der Waals surface area (Å²) in [6, 6.07) is -0.376. The molecule has 0 aliphatic carbocycles. The first kappa shape index (κ1) is 12.5. The molecule has 88 valence electrons. The second kappa shape index (κ2) is 5.47. The topological polar surface area (TPSA) is 66.6 Å². The number of hydrogen-bond donors (Lipinski definition) is 2. The number of nitrogens with zero attached hydrogens (tertiary/aromatic N) is 1. The Morgan fingerprint density at radius 2 is 2.27 bits per heavy atom. The predicted octanol–water partition coefficient (Wildman–Crippen LogP) is 0.766. The Hall–Kier alpha value is -0.610. The van der Waals surface area contributed by atoms with Gasteiger partial charge in [-0.1, -0.05) is 13.8 Å². The van der Waals surface area contributed by atoms with Crippen LogP contribution in [0.2, 0.25) is 0 Å². The molecule has 15 heavy (non-hydrogen) atoms. The summed E-state index contributed by atoms with van der Waals surface area (Å²) in [5.74, 6) is 0.553. The number of carboxylic acid groups (broad SMARTS) is 1. The highest BCUT2D eigenvalue weighted by atomic mass is 16.4. The maximum atomic E-state index is 11.1. The average molecular weight is 214 g/mol. The van der Waals surface area contributed by atoms with Crippen molar-refractivity contribution in [2.75, 3.05) is 19.6 Å². The van der Waals surface area contributed by atoms with Gasteiger partial charge in [0.2, 0.25) is 0 Å². The van der Waals surface area contributed by atoms with Crippen LogP contribution in [0, 0.1) is 11.8 Å². The molecule has 1 rings (SSSR count). The molecule has 0 aromatic rings. The van der Waals surface area contributed by atoms with E-state index < -0.39 is 5.97 Å². The summed E-state index contributed by atoms with van der Waals surface area (Å²) in [6.07, 6.45) is 1.67. The first-order chi connectivity index (χ1) is 7.06. The molecule has 1 aliphatic heterocycles. The number of hydrogen-bond acceptors (Lipinski definition) is 3. The van der Waals surface area contributed by atoms with Crippen LogP contribution in [-0.4, -0.2) is 41.7 Å². The fourth-order valence-corrected chi connectivity index (χ4v) is 2.26. The molecule has 0 aromatic heterocycles. The van der Waals surface area contributed by atoms with Gasteiger partial charge in [-0.25, -0.2) is 0 Å². The van der Waals surface area contributed by atoms with Crippen molar-refractivity contribution < 1.29 is 9.90 Å². The van der Waals surface area contributed by atoms with Crippen molar-refractivity contribution in [1.29, 1.82) is 0 Å². The van der Waals surface area contributed by atoms with E-state index in [-0.39, 0.29) is 6.04 Å². The van der Waals surface area contributed by atoms with Gasteiger partial charge in [-0.05, 0) is 37.8 Å². The highest BCUT2D eigenvalue weighted by Gasteiger charge is 2.32. The minimum absolute atomic E-state index is 0.376. The molecular formula is C11H22N2O2. The van der Waals surface area contributed by atoms with E-state index in [1.54, 1.807) is 0 Å². The Bertz CT molecular complexity index is 219. The molecule has 1 aliphatic rings. The molecule has 0 bridgehead atoms. The molecule has 1 fully saturated rings. The zero-order chi connectivity index (χ0) is 11.4. The van der Waals surface area contributed by atoms with Gasteiger partial charge in [-0.2, -0.15) is 0 Å². The summed E-state index contributed by atoms with van der Waals surface area (Å²) in [7, 11) is 0. The van der Waals surface area contributed by atoms with Crippen LogP contribution in [0.3, 0.4) is 0 Å². The maximum absolute atomic E-state index is 11.1. The molecule has 0 amide bonds. The fourth-order valence-electron chi connectivity index (χ4n) is 2.26. The molecule has 2 atom stereocenters. The van der Waals surface area contributed by atoms with Crippen LogP contribution in [0.5, 0.6) is 0 Å². The van der Waals surface area contributed by atoms with Crippen LogP contribution in [0.25, 0.3) is 0 Å². The quantitative estimate of drug-likeness (QED) is 0.709. The van der Waals surface area contributed by atoms with Gasteiger partial charge in [0.25, 0.3) is 0 Å². The van der Waals surface area contributed by atoms with Crippen LogP contribution in [-0.2, 0) is 4.79 Å². The summed E-state index contributed by atoms with van der Waals surface area (Å²) >= 11 is 0. The predicted molar refractivity (Wildman–Crippen MR) is 59.6 cm³/mol. The molecule has 4 heteroatoms. The molecular weight excluding hydrogens is 192 g/mol. The number of carboxylic acids is 1. The Kier molecular flexibility index (Phi) is 4.54. The second-order valence-electron chi connectivity index (χ2n) is 4.72. The van der Waals surface area contributed by atoms with Crippen LogP contribution < -0.4 is 5.73 Å². The van der Waals surface area contributed by atoms with Gasteiger partial charge in [0, 0.05) is 6.54 Å². The van der Waals surface area contributed by atoms with Crippen LogP contribution in [0.1, 0.15) is 26.7 Å². The van der Waals surface area contributed by atoms with E-state index in [0.29, 0.717) is 24.8 Å². The number of rotatable bonds is 5. The highest BCUT2D eigenvalue weighted by molar-refractivity contribution is 5.73. The Balaban J connectivity index is 2.52. The lowest BCUT2D eigenvalue weighted by Crippen LogP contribution is -2.41. The minimum Gasteiger partial charge on any atom is -0.480 e. The third-order valence-corrected chi connectivity index (χ3v) is 3.36. The Labute approximate surface area is 91.4 Å². The number of likely N-dealkylation sites (tertiary alicyclic amines) is 1. The van der Waals surface area contributed by atoms with E-state index in [1.807, 2.05) is 0 Å². The molecule has 4 nitrogen and oxygen atoms in total. The first-order valence-electron chi connectivity index (χ1n) is 5.73. The van der Waals surface area contributed by atoms with Crippen molar-refractivity contribution in [3.05, 3.63) is 0 Å². The van der Waals surface area contributed by atoms with Crippen molar-refractivity contribution in [2.45, 2.75) is 32.7 Å². The Morgan fingerprint density at radius 1 is 1.60 bits per heavy atom. The van der Waals surface area contributed by atoms with Crippen LogP contribution in [0.15, 0.2) is 0 Å². The second-order valence-corrected chi connectivity index (χ2v) is 4.72. The first-order valence-corrected chi connectivity index (χ1v) is 5.73. The van der Waals surface area contributed by atoms with E-state index >= 15 is 0 Å². The van der Waals surface area contributed by atoms with E-state index in [4.69, 9.17) is 10.8 Å². The minimum atomic E-state index is -0.732. The van der Waals surface area contributed by atoms with E-state index in [0.717, 1.165) is 19.5 Å². The zero-order valence-corrected chi connectivity index (χ0v) is 9.65. The third-order valence-electron chi connectivity index (χ3n) is 3.36. The monoisotopic (exact) mass is 214 g/mol. The summed E-state index contributed by atoms with van der Waals surface area (Å²) in [6.45, 7) is 6.66. The number of aliphatic carboxylic acids is 1. The lowest BCUT2D eigenvalue weighted by Gasteiger charge is -2.24. The molecule has 0 aromatic carbocycles. The van der Waals surface area contributed by atoms with E-state index in [1.165, 1.54) is 0 Å². The molecule has 0 spiro atoms. The molecule has 3 N–H and O–H groups in total. The van der Waals surface area contributed by atoms with Crippen LogP contribution in [0.4, 0.5) is 0 Å². The standard InChI is InChI=1S/C11H22N2O2/c1-8(2)9-4-6-13(7-9)10(3-5-12)11(14)15/h8-10H,3-7,12H2,1-2H3,(H,14,15). The zero-order valence-electron chi connectivity index (χ0n) is 9.65. The third kappa shape index (κ3) is 3.18. The van der Waals surface area contributed by atoms with Gasteiger partial charge in [-0.15, -0.1) is 0 Å². The lowest BCUT2D eigenvalue weighted by molar-refractivity contribution is -0.143. The van der Waals surface area contributed by atoms with Gasteiger partial charge in [0.05, 0.1) is 0 Å². The largest absolute Gasteiger partial charge is 0.480 e. The van der Waals surface area contributed by atoms with E-state index in [9.17, 15) is 4.79 Å². The summed E-state index contributed by atoms with van der Waals surface area (Å²) in [4.78, 5) is 13.1. The molecule has 0 saturated carbocycles. The highest BCUT2D eigenvalue weighted by Crippen LogP contribution is 2.25. The smallest absolute Gasteiger partial charge is 0.320 e.